The summed E-state index contributed by atoms with van der Waals surface area (Å²) >= 11 is 0. The van der Waals surface area contributed by atoms with Gasteiger partial charge in [-0.1, -0.05) is 19.8 Å². The van der Waals surface area contributed by atoms with Crippen LogP contribution in [0.4, 0.5) is 0 Å². The van der Waals surface area contributed by atoms with Crippen molar-refractivity contribution in [2.75, 3.05) is 20.8 Å². The zero-order chi connectivity index (χ0) is 15.2. The fourth-order valence-corrected chi connectivity index (χ4v) is 3.02. The van der Waals surface area contributed by atoms with Crippen LogP contribution in [0.2, 0.25) is 0 Å². The van der Waals surface area contributed by atoms with Gasteiger partial charge < -0.3 is 19.9 Å². The molecule has 1 saturated carbocycles. The van der Waals surface area contributed by atoms with Gasteiger partial charge in [-0.15, -0.1) is 0 Å². The number of ether oxygens (including phenoxy) is 2. The predicted molar refractivity (Wildman–Crippen MR) is 83.9 cm³/mol. The van der Waals surface area contributed by atoms with E-state index in [9.17, 15) is 5.11 Å². The van der Waals surface area contributed by atoms with E-state index in [2.05, 4.69) is 12.2 Å². The van der Waals surface area contributed by atoms with Crippen molar-refractivity contribution in [2.24, 2.45) is 5.92 Å². The molecule has 1 aromatic carbocycles. The minimum Gasteiger partial charge on any atom is -0.497 e. The second-order valence-corrected chi connectivity index (χ2v) is 5.94. The van der Waals surface area contributed by atoms with E-state index in [1.165, 1.54) is 25.7 Å². The number of nitrogens with one attached hydrogen (secondary N) is 1. The SMILES string of the molecule is COc1cc(OC)cc(C(O)CNC2CCCCC2C)c1. The standard InChI is InChI=1S/C17H27NO3/c1-12-6-4-5-7-16(12)18-11-17(19)13-8-14(20-2)10-15(9-13)21-3/h8-10,12,16-19H,4-7,11H2,1-3H3. The molecule has 0 aromatic heterocycles. The normalized spacial score (nSPS) is 23.6. The van der Waals surface area contributed by atoms with Crippen molar-refractivity contribution in [1.29, 1.82) is 0 Å². The molecule has 1 aliphatic rings. The molecule has 0 heterocycles. The average molecular weight is 293 g/mol. The lowest BCUT2D eigenvalue weighted by molar-refractivity contribution is 0.157. The van der Waals surface area contributed by atoms with E-state index in [0.717, 1.165) is 5.56 Å². The summed E-state index contributed by atoms with van der Waals surface area (Å²) in [5.41, 5.74) is 0.821. The fourth-order valence-electron chi connectivity index (χ4n) is 3.02. The first-order valence-corrected chi connectivity index (χ1v) is 7.78. The van der Waals surface area contributed by atoms with Gasteiger partial charge in [0, 0.05) is 18.7 Å². The number of hydrogen-bond acceptors (Lipinski definition) is 4. The van der Waals surface area contributed by atoms with Gasteiger partial charge in [0.15, 0.2) is 0 Å². The van der Waals surface area contributed by atoms with E-state index in [4.69, 9.17) is 9.47 Å². The smallest absolute Gasteiger partial charge is 0.122 e. The molecule has 21 heavy (non-hydrogen) atoms. The summed E-state index contributed by atoms with van der Waals surface area (Å²) in [6.07, 6.45) is 4.54. The van der Waals surface area contributed by atoms with Gasteiger partial charge in [0.2, 0.25) is 0 Å². The van der Waals surface area contributed by atoms with Crippen molar-refractivity contribution in [3.8, 4) is 11.5 Å². The monoisotopic (exact) mass is 293 g/mol. The van der Waals surface area contributed by atoms with Crippen LogP contribution in [-0.2, 0) is 0 Å². The molecule has 0 amide bonds. The molecule has 3 unspecified atom stereocenters. The highest BCUT2D eigenvalue weighted by atomic mass is 16.5. The minimum absolute atomic E-state index is 0.515. The fraction of sp³-hybridized carbons (Fsp3) is 0.647. The number of methoxy groups -OCH3 is 2. The Kier molecular flexibility index (Phi) is 5.88. The Morgan fingerprint density at radius 1 is 1.14 bits per heavy atom. The second-order valence-electron chi connectivity index (χ2n) is 5.94. The van der Waals surface area contributed by atoms with Crippen LogP contribution >= 0.6 is 0 Å². The summed E-state index contributed by atoms with van der Waals surface area (Å²) in [4.78, 5) is 0. The summed E-state index contributed by atoms with van der Waals surface area (Å²) < 4.78 is 10.5. The topological polar surface area (TPSA) is 50.7 Å². The first kappa shape index (κ1) is 16.1. The van der Waals surface area contributed by atoms with Crippen LogP contribution in [0.3, 0.4) is 0 Å². The van der Waals surface area contributed by atoms with Gasteiger partial charge in [0.05, 0.1) is 20.3 Å². The Bertz CT molecular complexity index is 427. The van der Waals surface area contributed by atoms with Gasteiger partial charge in [0.1, 0.15) is 11.5 Å². The third-order valence-electron chi connectivity index (χ3n) is 4.44. The van der Waals surface area contributed by atoms with Crippen LogP contribution in [-0.4, -0.2) is 31.9 Å². The van der Waals surface area contributed by atoms with Crippen molar-refractivity contribution in [2.45, 2.75) is 44.8 Å². The van der Waals surface area contributed by atoms with Crippen LogP contribution in [0.25, 0.3) is 0 Å². The lowest BCUT2D eigenvalue weighted by Crippen LogP contribution is -2.39. The van der Waals surface area contributed by atoms with Crippen molar-refractivity contribution in [3.05, 3.63) is 23.8 Å². The summed E-state index contributed by atoms with van der Waals surface area (Å²) in [5.74, 6) is 2.09. The predicted octanol–water partition coefficient (Wildman–Crippen LogP) is 2.91. The number of aliphatic hydroxyl groups excluding tert-OH is 1. The van der Waals surface area contributed by atoms with E-state index in [0.29, 0.717) is 30.0 Å². The van der Waals surface area contributed by atoms with Gasteiger partial charge in [-0.3, -0.25) is 0 Å². The first-order chi connectivity index (χ1) is 10.1. The molecule has 0 saturated heterocycles. The number of aliphatic hydroxyl groups is 1. The van der Waals surface area contributed by atoms with Crippen LogP contribution in [0.1, 0.15) is 44.3 Å². The van der Waals surface area contributed by atoms with E-state index < -0.39 is 6.10 Å². The molecular weight excluding hydrogens is 266 g/mol. The Hall–Kier alpha value is -1.26. The molecule has 1 fully saturated rings. The zero-order valence-corrected chi connectivity index (χ0v) is 13.3. The highest BCUT2D eigenvalue weighted by Crippen LogP contribution is 2.27. The molecule has 1 aromatic rings. The summed E-state index contributed by atoms with van der Waals surface area (Å²) in [6, 6.07) is 6.05. The van der Waals surface area contributed by atoms with Crippen LogP contribution in [0.5, 0.6) is 11.5 Å². The van der Waals surface area contributed by atoms with Crippen molar-refractivity contribution in [1.82, 2.24) is 5.32 Å². The molecule has 2 rings (SSSR count). The van der Waals surface area contributed by atoms with Crippen molar-refractivity contribution >= 4 is 0 Å². The molecule has 0 bridgehead atoms. The Balaban J connectivity index is 1.97. The molecule has 0 radical (unpaired) electrons. The molecular formula is C17H27NO3. The quantitative estimate of drug-likeness (QED) is 0.847. The van der Waals surface area contributed by atoms with Gasteiger partial charge in [-0.05, 0) is 36.5 Å². The Morgan fingerprint density at radius 2 is 1.76 bits per heavy atom. The van der Waals surface area contributed by atoms with Crippen LogP contribution < -0.4 is 14.8 Å². The highest BCUT2D eigenvalue weighted by molar-refractivity contribution is 5.39. The average Bonchev–Trinajstić information content (AvgIpc) is 2.53. The molecule has 118 valence electrons. The minimum atomic E-state index is -0.553. The van der Waals surface area contributed by atoms with Crippen molar-refractivity contribution < 1.29 is 14.6 Å². The highest BCUT2D eigenvalue weighted by Gasteiger charge is 2.22. The number of benzene rings is 1. The summed E-state index contributed by atoms with van der Waals surface area (Å²) in [6.45, 7) is 2.85. The maximum atomic E-state index is 10.4. The summed E-state index contributed by atoms with van der Waals surface area (Å²) in [7, 11) is 3.24. The van der Waals surface area contributed by atoms with Gasteiger partial charge in [0.25, 0.3) is 0 Å². The lowest BCUT2D eigenvalue weighted by Gasteiger charge is -2.30. The Morgan fingerprint density at radius 3 is 2.33 bits per heavy atom. The number of rotatable bonds is 6. The van der Waals surface area contributed by atoms with Crippen molar-refractivity contribution in [3.63, 3.8) is 0 Å². The molecule has 1 aliphatic carbocycles. The molecule has 4 heteroatoms. The molecule has 3 atom stereocenters. The first-order valence-electron chi connectivity index (χ1n) is 7.78. The van der Waals surface area contributed by atoms with Gasteiger partial charge in [-0.25, -0.2) is 0 Å². The van der Waals surface area contributed by atoms with E-state index in [-0.39, 0.29) is 0 Å². The molecule has 2 N–H and O–H groups in total. The third kappa shape index (κ3) is 4.35. The van der Waals surface area contributed by atoms with Gasteiger partial charge >= 0.3 is 0 Å². The summed E-state index contributed by atoms with van der Waals surface area (Å²) in [5, 5.41) is 13.9. The largest absolute Gasteiger partial charge is 0.497 e. The van der Waals surface area contributed by atoms with Crippen LogP contribution in [0, 0.1) is 5.92 Å². The van der Waals surface area contributed by atoms with Crippen LogP contribution in [0.15, 0.2) is 18.2 Å². The third-order valence-corrected chi connectivity index (χ3v) is 4.44. The molecule has 0 spiro atoms. The zero-order valence-electron chi connectivity index (χ0n) is 13.3. The van der Waals surface area contributed by atoms with E-state index in [1.807, 2.05) is 18.2 Å². The van der Waals surface area contributed by atoms with E-state index in [1.54, 1.807) is 14.2 Å². The lowest BCUT2D eigenvalue weighted by atomic mass is 9.86. The second kappa shape index (κ2) is 7.66. The van der Waals surface area contributed by atoms with Gasteiger partial charge in [-0.2, -0.15) is 0 Å². The Labute approximate surface area is 127 Å². The molecule has 4 nitrogen and oxygen atoms in total. The van der Waals surface area contributed by atoms with E-state index >= 15 is 0 Å². The maximum absolute atomic E-state index is 10.4. The molecule has 0 aliphatic heterocycles. The number of hydrogen-bond donors (Lipinski definition) is 2. The maximum Gasteiger partial charge on any atom is 0.122 e.